The van der Waals surface area contributed by atoms with Gasteiger partial charge in [0.1, 0.15) is 0 Å². The Hall–Kier alpha value is -0.830. The largest absolute Gasteiger partial charge is 0.308 e. The highest BCUT2D eigenvalue weighted by Gasteiger charge is 2.19. The first-order valence-corrected chi connectivity index (χ1v) is 6.60. The molecule has 1 saturated carbocycles. The number of aromatic nitrogens is 2. The van der Waals surface area contributed by atoms with Crippen molar-refractivity contribution in [1.82, 2.24) is 15.5 Å². The summed E-state index contributed by atoms with van der Waals surface area (Å²) in [7, 11) is 0. The zero-order valence-corrected chi connectivity index (χ0v) is 10.2. The van der Waals surface area contributed by atoms with E-state index >= 15 is 0 Å². The molecule has 1 heterocycles. The predicted octanol–water partition coefficient (Wildman–Crippen LogP) is 2.86. The molecule has 0 unspecified atom stereocenters. The zero-order valence-electron chi connectivity index (χ0n) is 10.2. The summed E-state index contributed by atoms with van der Waals surface area (Å²) in [6.45, 7) is 3.23. The lowest BCUT2D eigenvalue weighted by molar-refractivity contribution is 0.277. The van der Waals surface area contributed by atoms with Gasteiger partial charge >= 0.3 is 0 Å². The Morgan fingerprint density at radius 3 is 2.81 bits per heavy atom. The highest BCUT2D eigenvalue weighted by Crippen LogP contribution is 2.27. The molecule has 0 spiro atoms. The first kappa shape index (κ1) is 11.6. The fourth-order valence-electron chi connectivity index (χ4n) is 2.70. The first-order valence-electron chi connectivity index (χ1n) is 6.60. The molecule has 2 N–H and O–H groups in total. The number of nitrogens with one attached hydrogen (secondary N) is 2. The average Bonchev–Trinajstić information content (AvgIpc) is 2.82. The van der Waals surface area contributed by atoms with Crippen LogP contribution in [-0.2, 0) is 6.54 Å². The molecule has 90 valence electrons. The molecule has 3 nitrogen and oxygen atoms in total. The van der Waals surface area contributed by atoms with Crippen molar-refractivity contribution in [3.63, 3.8) is 0 Å². The Labute approximate surface area is 98.0 Å². The molecule has 1 aromatic heterocycles. The lowest BCUT2D eigenvalue weighted by Gasteiger charge is -2.28. The van der Waals surface area contributed by atoms with Crippen LogP contribution in [0.1, 0.15) is 51.1 Å². The number of hydrogen-bond donors (Lipinski definition) is 2. The topological polar surface area (TPSA) is 40.7 Å². The van der Waals surface area contributed by atoms with E-state index < -0.39 is 0 Å². The minimum absolute atomic E-state index is 0.719. The molecule has 3 heteroatoms. The summed E-state index contributed by atoms with van der Waals surface area (Å²) in [6, 6.07) is 2.76. The summed E-state index contributed by atoms with van der Waals surface area (Å²) < 4.78 is 0. The summed E-state index contributed by atoms with van der Waals surface area (Å²) in [6.07, 6.45) is 10.1. The van der Waals surface area contributed by atoms with Gasteiger partial charge in [0.25, 0.3) is 0 Å². The molecule has 0 aromatic carbocycles. The molecule has 0 amide bonds. The van der Waals surface area contributed by atoms with Gasteiger partial charge in [0, 0.05) is 24.5 Å². The summed E-state index contributed by atoms with van der Waals surface area (Å²) >= 11 is 0. The van der Waals surface area contributed by atoms with Crippen LogP contribution in [0.25, 0.3) is 0 Å². The van der Waals surface area contributed by atoms with E-state index in [-0.39, 0.29) is 0 Å². The fourth-order valence-corrected chi connectivity index (χ4v) is 2.70. The second kappa shape index (κ2) is 6.04. The maximum Gasteiger partial charge on any atom is 0.0490 e. The smallest absolute Gasteiger partial charge is 0.0490 e. The summed E-state index contributed by atoms with van der Waals surface area (Å²) in [5, 5.41) is 10.6. The molecule has 0 aliphatic heterocycles. The number of nitrogens with zero attached hydrogens (tertiary/aromatic N) is 1. The van der Waals surface area contributed by atoms with Crippen molar-refractivity contribution >= 4 is 0 Å². The first-order chi connectivity index (χ1) is 7.88. The molecular weight excluding hydrogens is 198 g/mol. The molecular formula is C13H23N3. The van der Waals surface area contributed by atoms with Crippen LogP contribution < -0.4 is 5.32 Å². The summed E-state index contributed by atoms with van der Waals surface area (Å²) in [5.41, 5.74) is 1.19. The highest BCUT2D eigenvalue weighted by atomic mass is 15.1. The van der Waals surface area contributed by atoms with E-state index in [1.165, 1.54) is 44.2 Å². The molecule has 1 aliphatic carbocycles. The van der Waals surface area contributed by atoms with Gasteiger partial charge in [-0.25, -0.2) is 0 Å². The van der Waals surface area contributed by atoms with Crippen LogP contribution in [0.3, 0.4) is 0 Å². The van der Waals surface area contributed by atoms with E-state index in [9.17, 15) is 0 Å². The van der Waals surface area contributed by atoms with Crippen molar-refractivity contribution in [2.24, 2.45) is 5.92 Å². The third-order valence-corrected chi connectivity index (χ3v) is 3.68. The van der Waals surface area contributed by atoms with Crippen molar-refractivity contribution in [2.45, 2.75) is 58.0 Å². The maximum absolute atomic E-state index is 3.96. The van der Waals surface area contributed by atoms with E-state index in [4.69, 9.17) is 0 Å². The number of hydrogen-bond acceptors (Lipinski definition) is 2. The van der Waals surface area contributed by atoms with Crippen LogP contribution in [0.4, 0.5) is 0 Å². The standard InChI is InChI=1S/C13H23N3/c1-2-3-11-4-6-12(7-5-11)14-10-13-8-9-15-16-13/h8-9,11-12,14H,2-7,10H2,1H3,(H,15,16). The normalized spacial score (nSPS) is 25.8. The van der Waals surface area contributed by atoms with Crippen molar-refractivity contribution in [3.05, 3.63) is 18.0 Å². The van der Waals surface area contributed by atoms with Gasteiger partial charge in [-0.2, -0.15) is 5.10 Å². The number of rotatable bonds is 5. The van der Waals surface area contributed by atoms with Crippen LogP contribution in [-0.4, -0.2) is 16.2 Å². The number of aromatic amines is 1. The van der Waals surface area contributed by atoms with Crippen molar-refractivity contribution in [3.8, 4) is 0 Å². The fraction of sp³-hybridized carbons (Fsp3) is 0.769. The molecule has 0 saturated heterocycles. The van der Waals surface area contributed by atoms with Gasteiger partial charge in [0.05, 0.1) is 0 Å². The molecule has 0 bridgehead atoms. The van der Waals surface area contributed by atoms with Crippen molar-refractivity contribution in [2.75, 3.05) is 0 Å². The van der Waals surface area contributed by atoms with E-state index in [1.807, 2.05) is 12.3 Å². The summed E-state index contributed by atoms with van der Waals surface area (Å²) in [4.78, 5) is 0. The third kappa shape index (κ3) is 3.34. The Morgan fingerprint density at radius 2 is 2.19 bits per heavy atom. The van der Waals surface area contributed by atoms with Crippen molar-refractivity contribution in [1.29, 1.82) is 0 Å². The van der Waals surface area contributed by atoms with Crippen LogP contribution >= 0.6 is 0 Å². The Balaban J connectivity index is 1.65. The van der Waals surface area contributed by atoms with Crippen LogP contribution in [0.15, 0.2) is 12.3 Å². The van der Waals surface area contributed by atoms with E-state index in [1.54, 1.807) is 0 Å². The minimum atomic E-state index is 0.719. The highest BCUT2D eigenvalue weighted by molar-refractivity contribution is 4.97. The van der Waals surface area contributed by atoms with Gasteiger partial charge in [-0.1, -0.05) is 19.8 Å². The molecule has 0 radical (unpaired) electrons. The van der Waals surface area contributed by atoms with Gasteiger partial charge < -0.3 is 5.32 Å². The minimum Gasteiger partial charge on any atom is -0.308 e. The van der Waals surface area contributed by atoms with Gasteiger partial charge in [-0.15, -0.1) is 0 Å². The average molecular weight is 221 g/mol. The molecule has 16 heavy (non-hydrogen) atoms. The zero-order chi connectivity index (χ0) is 11.2. The van der Waals surface area contributed by atoms with Gasteiger partial charge in [-0.05, 0) is 37.7 Å². The van der Waals surface area contributed by atoms with Gasteiger partial charge in [0.15, 0.2) is 0 Å². The Bertz CT molecular complexity index is 273. The van der Waals surface area contributed by atoms with E-state index in [0.29, 0.717) is 0 Å². The van der Waals surface area contributed by atoms with Crippen LogP contribution in [0.5, 0.6) is 0 Å². The molecule has 1 aromatic rings. The molecule has 1 fully saturated rings. The van der Waals surface area contributed by atoms with Gasteiger partial charge in [-0.3, -0.25) is 5.10 Å². The monoisotopic (exact) mass is 221 g/mol. The third-order valence-electron chi connectivity index (χ3n) is 3.68. The van der Waals surface area contributed by atoms with Crippen molar-refractivity contribution < 1.29 is 0 Å². The molecule has 0 atom stereocenters. The summed E-state index contributed by atoms with van der Waals surface area (Å²) in [5.74, 6) is 0.996. The lowest BCUT2D eigenvalue weighted by atomic mass is 9.83. The maximum atomic E-state index is 3.96. The molecule has 1 aliphatic rings. The molecule has 2 rings (SSSR count). The van der Waals surface area contributed by atoms with Gasteiger partial charge in [0.2, 0.25) is 0 Å². The van der Waals surface area contributed by atoms with Crippen LogP contribution in [0, 0.1) is 5.92 Å². The second-order valence-corrected chi connectivity index (χ2v) is 4.97. The Morgan fingerprint density at radius 1 is 1.38 bits per heavy atom. The number of H-pyrrole nitrogens is 1. The quantitative estimate of drug-likeness (QED) is 0.802. The van der Waals surface area contributed by atoms with E-state index in [0.717, 1.165) is 18.5 Å². The Kier molecular flexibility index (Phi) is 4.40. The predicted molar refractivity (Wildman–Crippen MR) is 66.1 cm³/mol. The second-order valence-electron chi connectivity index (χ2n) is 4.97. The van der Waals surface area contributed by atoms with E-state index in [2.05, 4.69) is 22.4 Å². The van der Waals surface area contributed by atoms with Crippen LogP contribution in [0.2, 0.25) is 0 Å². The SMILES string of the molecule is CCCC1CCC(NCc2ccn[nH]2)CC1. The lowest BCUT2D eigenvalue weighted by Crippen LogP contribution is -2.32.